The van der Waals surface area contributed by atoms with Crippen LogP contribution in [0.1, 0.15) is 12.5 Å². The normalized spacial score (nSPS) is 11.4. The number of hydrazone groups is 1. The van der Waals surface area contributed by atoms with E-state index in [4.69, 9.17) is 0 Å². The average Bonchev–Trinajstić information content (AvgIpc) is 2.53. The molecule has 120 valence electrons. The Morgan fingerprint density at radius 1 is 1.22 bits per heavy atom. The number of nitrogens with one attached hydrogen (secondary N) is 1. The predicted molar refractivity (Wildman–Crippen MR) is 73.0 cm³/mol. The number of non-ortho nitro benzene ring substituents is 1. The van der Waals surface area contributed by atoms with Crippen LogP contribution in [0.2, 0.25) is 0 Å². The number of halogens is 4. The van der Waals surface area contributed by atoms with E-state index in [-0.39, 0.29) is 17.0 Å². The number of hydrogen-bond donors (Lipinski definition) is 1. The maximum absolute atomic E-state index is 13.4. The van der Waals surface area contributed by atoms with Gasteiger partial charge >= 0.3 is 0 Å². The van der Waals surface area contributed by atoms with Crippen LogP contribution in [0.3, 0.4) is 0 Å². The molecule has 2 rings (SSSR count). The van der Waals surface area contributed by atoms with Crippen LogP contribution in [-0.2, 0) is 0 Å². The van der Waals surface area contributed by atoms with Crippen LogP contribution in [0, 0.1) is 33.6 Å². The van der Waals surface area contributed by atoms with E-state index in [1.165, 1.54) is 31.2 Å². The van der Waals surface area contributed by atoms with Crippen molar-refractivity contribution in [3.63, 3.8) is 0 Å². The molecule has 1 aromatic carbocycles. The number of nitro benzene ring substituents is 1. The molecular formula is C13H8F4N4O2. The summed E-state index contributed by atoms with van der Waals surface area (Å²) >= 11 is 0. The molecule has 2 aromatic rings. The first-order chi connectivity index (χ1) is 10.8. The van der Waals surface area contributed by atoms with Crippen LogP contribution in [0.5, 0.6) is 0 Å². The minimum Gasteiger partial charge on any atom is -0.272 e. The van der Waals surface area contributed by atoms with Crippen molar-refractivity contribution < 1.29 is 22.5 Å². The fourth-order valence-electron chi connectivity index (χ4n) is 1.63. The van der Waals surface area contributed by atoms with E-state index in [0.29, 0.717) is 0 Å². The summed E-state index contributed by atoms with van der Waals surface area (Å²) in [5, 5.41) is 14.3. The molecule has 0 atom stereocenters. The van der Waals surface area contributed by atoms with Crippen molar-refractivity contribution in [2.24, 2.45) is 5.10 Å². The molecule has 0 saturated carbocycles. The Labute approximate surface area is 126 Å². The van der Waals surface area contributed by atoms with E-state index in [1.54, 1.807) is 0 Å². The minimum atomic E-state index is -1.82. The molecule has 0 radical (unpaired) electrons. The monoisotopic (exact) mass is 328 g/mol. The van der Waals surface area contributed by atoms with Crippen LogP contribution >= 0.6 is 0 Å². The zero-order valence-electron chi connectivity index (χ0n) is 11.5. The fourth-order valence-corrected chi connectivity index (χ4v) is 1.63. The lowest BCUT2D eigenvalue weighted by molar-refractivity contribution is -0.384. The summed E-state index contributed by atoms with van der Waals surface area (Å²) in [6.07, 6.45) is 0. The zero-order chi connectivity index (χ0) is 17.1. The highest BCUT2D eigenvalue weighted by Crippen LogP contribution is 2.22. The van der Waals surface area contributed by atoms with Gasteiger partial charge in [-0.3, -0.25) is 15.5 Å². The van der Waals surface area contributed by atoms with Gasteiger partial charge in [-0.15, -0.1) is 0 Å². The molecule has 0 fully saturated rings. The molecule has 0 saturated heterocycles. The van der Waals surface area contributed by atoms with E-state index >= 15 is 0 Å². The lowest BCUT2D eigenvalue weighted by Crippen LogP contribution is -2.08. The molecule has 10 heteroatoms. The maximum Gasteiger partial charge on any atom is 0.270 e. The number of hydrogen-bond acceptors (Lipinski definition) is 5. The second kappa shape index (κ2) is 6.38. The molecule has 0 aliphatic carbocycles. The maximum atomic E-state index is 13.4. The summed E-state index contributed by atoms with van der Waals surface area (Å²) in [5.41, 5.74) is 0.874. The highest BCUT2D eigenvalue weighted by atomic mass is 19.2. The summed E-state index contributed by atoms with van der Waals surface area (Å²) in [4.78, 5) is 12.5. The first-order valence-electron chi connectivity index (χ1n) is 6.06. The number of nitrogens with zero attached hydrogens (tertiary/aromatic N) is 3. The van der Waals surface area contributed by atoms with Crippen molar-refractivity contribution >= 4 is 17.1 Å². The van der Waals surface area contributed by atoms with Gasteiger partial charge in [-0.1, -0.05) is 12.1 Å². The van der Waals surface area contributed by atoms with Crippen molar-refractivity contribution in [3.8, 4) is 0 Å². The summed E-state index contributed by atoms with van der Waals surface area (Å²) in [5.74, 6) is -7.12. The Bertz CT molecular complexity index is 785. The highest BCUT2D eigenvalue weighted by molar-refractivity contribution is 5.99. The molecule has 1 aromatic heterocycles. The second-order valence-electron chi connectivity index (χ2n) is 4.31. The van der Waals surface area contributed by atoms with Crippen LogP contribution < -0.4 is 5.43 Å². The van der Waals surface area contributed by atoms with Gasteiger partial charge < -0.3 is 0 Å². The van der Waals surface area contributed by atoms with Gasteiger partial charge in [0.05, 0.1) is 10.6 Å². The number of pyridine rings is 1. The number of rotatable bonds is 4. The fraction of sp³-hybridized carbons (Fsp3) is 0.0769. The molecule has 23 heavy (non-hydrogen) atoms. The van der Waals surface area contributed by atoms with Gasteiger partial charge in [0, 0.05) is 17.7 Å². The summed E-state index contributed by atoms with van der Waals surface area (Å²) in [7, 11) is 0. The summed E-state index contributed by atoms with van der Waals surface area (Å²) < 4.78 is 52.7. The smallest absolute Gasteiger partial charge is 0.270 e. The third kappa shape index (κ3) is 3.42. The second-order valence-corrected chi connectivity index (χ2v) is 4.31. The van der Waals surface area contributed by atoms with Gasteiger partial charge in [-0.05, 0) is 6.92 Å². The van der Waals surface area contributed by atoms with E-state index in [0.717, 1.165) is 0 Å². The molecule has 1 heterocycles. The Balaban J connectivity index is 2.34. The quantitative estimate of drug-likeness (QED) is 0.307. The van der Waals surface area contributed by atoms with Gasteiger partial charge in [0.1, 0.15) is 5.69 Å². The standard InChI is InChI=1S/C13H8F4N4O2/c1-6(7-3-2-4-8(5-7)21(22)23)19-20-11-9(14)12(16)18-13(17)10(11)15/h2-5H,1H3,(H,18,20)/b19-6-. The molecule has 0 bridgehead atoms. The molecule has 6 nitrogen and oxygen atoms in total. The SMILES string of the molecule is C/C(=N/Nc1c(F)c(F)nc(F)c1F)c1cccc([N+](=O)[O-])c1. The van der Waals surface area contributed by atoms with Gasteiger partial charge in [0.15, 0.2) is 0 Å². The van der Waals surface area contributed by atoms with Gasteiger partial charge in [0.25, 0.3) is 17.6 Å². The Kier molecular flexibility index (Phi) is 4.53. The van der Waals surface area contributed by atoms with E-state index in [1.807, 2.05) is 5.43 Å². The van der Waals surface area contributed by atoms with Crippen molar-refractivity contribution in [3.05, 3.63) is 63.5 Å². The Morgan fingerprint density at radius 2 is 1.83 bits per heavy atom. The predicted octanol–water partition coefficient (Wildman–Crippen LogP) is 3.38. The van der Waals surface area contributed by atoms with E-state index in [9.17, 15) is 27.7 Å². The third-order valence-electron chi connectivity index (χ3n) is 2.81. The molecular weight excluding hydrogens is 320 g/mol. The summed E-state index contributed by atoms with van der Waals surface area (Å²) in [6, 6.07) is 5.28. The number of benzene rings is 1. The molecule has 0 unspecified atom stereocenters. The van der Waals surface area contributed by atoms with Crippen LogP contribution in [0.4, 0.5) is 28.9 Å². The van der Waals surface area contributed by atoms with Crippen molar-refractivity contribution in [1.29, 1.82) is 0 Å². The van der Waals surface area contributed by atoms with E-state index in [2.05, 4.69) is 10.1 Å². The first-order valence-corrected chi connectivity index (χ1v) is 6.06. The van der Waals surface area contributed by atoms with Crippen molar-refractivity contribution in [2.75, 3.05) is 5.43 Å². The Hall–Kier alpha value is -3.04. The zero-order valence-corrected chi connectivity index (χ0v) is 11.5. The van der Waals surface area contributed by atoms with Gasteiger partial charge in [0.2, 0.25) is 11.6 Å². The Morgan fingerprint density at radius 3 is 2.39 bits per heavy atom. The molecule has 0 amide bonds. The van der Waals surface area contributed by atoms with Crippen molar-refractivity contribution in [1.82, 2.24) is 4.98 Å². The largest absolute Gasteiger partial charge is 0.272 e. The topological polar surface area (TPSA) is 80.4 Å². The molecule has 0 aliphatic heterocycles. The van der Waals surface area contributed by atoms with Crippen LogP contribution in [-0.4, -0.2) is 15.6 Å². The van der Waals surface area contributed by atoms with Gasteiger partial charge in [-0.2, -0.15) is 27.6 Å². The molecule has 0 aliphatic rings. The lowest BCUT2D eigenvalue weighted by Gasteiger charge is -2.06. The summed E-state index contributed by atoms with van der Waals surface area (Å²) in [6.45, 7) is 1.38. The highest BCUT2D eigenvalue weighted by Gasteiger charge is 2.20. The molecule has 1 N–H and O–H groups in total. The van der Waals surface area contributed by atoms with E-state index < -0.39 is 34.1 Å². The number of aromatic nitrogens is 1. The minimum absolute atomic E-state index is 0.102. The third-order valence-corrected chi connectivity index (χ3v) is 2.81. The number of anilines is 1. The van der Waals surface area contributed by atoms with Gasteiger partial charge in [-0.25, -0.2) is 0 Å². The lowest BCUT2D eigenvalue weighted by atomic mass is 10.1. The van der Waals surface area contributed by atoms with Crippen molar-refractivity contribution in [2.45, 2.75) is 6.92 Å². The first kappa shape index (κ1) is 16.3. The van der Waals surface area contributed by atoms with Crippen LogP contribution in [0.15, 0.2) is 29.4 Å². The number of nitro groups is 1. The average molecular weight is 328 g/mol. The molecule has 0 spiro atoms. The van der Waals surface area contributed by atoms with Crippen LogP contribution in [0.25, 0.3) is 0 Å².